The van der Waals surface area contributed by atoms with Crippen LogP contribution in [0, 0.1) is 0 Å². The van der Waals surface area contributed by atoms with Gasteiger partial charge in [0.05, 0.1) is 6.61 Å². The molecule has 0 aliphatic carbocycles. The first-order valence-electron chi connectivity index (χ1n) is 6.99. The molecule has 108 valence electrons. The molecule has 0 saturated heterocycles. The van der Waals surface area contributed by atoms with Crippen LogP contribution < -0.4 is 10.1 Å². The van der Waals surface area contributed by atoms with Gasteiger partial charge in [-0.2, -0.15) is 0 Å². The molecule has 0 fully saturated rings. The molecule has 0 aliphatic heterocycles. The van der Waals surface area contributed by atoms with E-state index in [-0.39, 0.29) is 0 Å². The molecule has 1 heterocycles. The molecule has 0 bridgehead atoms. The zero-order valence-electron chi connectivity index (χ0n) is 12.3. The van der Waals surface area contributed by atoms with Crippen molar-refractivity contribution < 1.29 is 4.74 Å². The number of hydrogen-bond acceptors (Lipinski definition) is 4. The highest BCUT2D eigenvalue weighted by Gasteiger charge is 2.06. The summed E-state index contributed by atoms with van der Waals surface area (Å²) in [4.78, 5) is 0. The SMILES string of the molecule is CCOc1ccc(C(C)NCCc2nncn2C)cc1. The Morgan fingerprint density at radius 2 is 2.05 bits per heavy atom. The molecule has 0 aliphatic rings. The molecule has 0 spiro atoms. The predicted molar refractivity (Wildman–Crippen MR) is 78.7 cm³/mol. The third-order valence-corrected chi connectivity index (χ3v) is 3.30. The fourth-order valence-electron chi connectivity index (χ4n) is 2.07. The maximum absolute atomic E-state index is 5.45. The summed E-state index contributed by atoms with van der Waals surface area (Å²) in [7, 11) is 1.96. The van der Waals surface area contributed by atoms with Crippen molar-refractivity contribution in [2.45, 2.75) is 26.3 Å². The minimum Gasteiger partial charge on any atom is -0.494 e. The topological polar surface area (TPSA) is 52.0 Å². The highest BCUT2D eigenvalue weighted by molar-refractivity contribution is 5.28. The molecule has 1 N–H and O–H groups in total. The maximum atomic E-state index is 5.45. The van der Waals surface area contributed by atoms with Crippen LogP contribution in [0.25, 0.3) is 0 Å². The lowest BCUT2D eigenvalue weighted by Gasteiger charge is -2.14. The average Bonchev–Trinajstić information content (AvgIpc) is 2.85. The van der Waals surface area contributed by atoms with Crippen molar-refractivity contribution in [3.8, 4) is 5.75 Å². The number of ether oxygens (including phenoxy) is 1. The molecular weight excluding hydrogens is 252 g/mol. The van der Waals surface area contributed by atoms with Crippen LogP contribution in [0.1, 0.15) is 31.3 Å². The van der Waals surface area contributed by atoms with E-state index in [2.05, 4.69) is 34.6 Å². The van der Waals surface area contributed by atoms with Crippen molar-refractivity contribution in [2.24, 2.45) is 7.05 Å². The molecule has 5 nitrogen and oxygen atoms in total. The van der Waals surface area contributed by atoms with Gasteiger partial charge in [0.15, 0.2) is 0 Å². The Morgan fingerprint density at radius 1 is 1.30 bits per heavy atom. The lowest BCUT2D eigenvalue weighted by molar-refractivity contribution is 0.340. The molecule has 0 amide bonds. The van der Waals surface area contributed by atoms with Crippen molar-refractivity contribution in [1.82, 2.24) is 20.1 Å². The van der Waals surface area contributed by atoms with Crippen LogP contribution in [0.4, 0.5) is 0 Å². The summed E-state index contributed by atoms with van der Waals surface area (Å²) in [5.74, 6) is 1.92. The third kappa shape index (κ3) is 3.81. The normalized spacial score (nSPS) is 12.3. The van der Waals surface area contributed by atoms with Crippen LogP contribution in [-0.4, -0.2) is 27.9 Å². The number of nitrogens with one attached hydrogen (secondary N) is 1. The van der Waals surface area contributed by atoms with Crippen LogP contribution in [-0.2, 0) is 13.5 Å². The summed E-state index contributed by atoms with van der Waals surface area (Å²) in [5, 5.41) is 11.4. The highest BCUT2D eigenvalue weighted by Crippen LogP contribution is 2.17. The lowest BCUT2D eigenvalue weighted by atomic mass is 10.1. The smallest absolute Gasteiger partial charge is 0.133 e. The van der Waals surface area contributed by atoms with Crippen LogP contribution in [0.15, 0.2) is 30.6 Å². The summed E-state index contributed by atoms with van der Waals surface area (Å²) in [6.45, 7) is 5.72. The number of aryl methyl sites for hydroxylation is 1. The minimum absolute atomic E-state index is 0.305. The Balaban J connectivity index is 1.82. The summed E-state index contributed by atoms with van der Waals surface area (Å²) in [5.41, 5.74) is 1.26. The summed E-state index contributed by atoms with van der Waals surface area (Å²) < 4.78 is 7.39. The number of hydrogen-bond donors (Lipinski definition) is 1. The lowest BCUT2D eigenvalue weighted by Crippen LogP contribution is -2.22. The summed E-state index contributed by atoms with van der Waals surface area (Å²) in [6.07, 6.45) is 2.60. The molecule has 1 aromatic heterocycles. The minimum atomic E-state index is 0.305. The van der Waals surface area contributed by atoms with Gasteiger partial charge in [0, 0.05) is 26.1 Å². The molecule has 0 saturated carbocycles. The van der Waals surface area contributed by atoms with Crippen LogP contribution in [0.3, 0.4) is 0 Å². The van der Waals surface area contributed by atoms with Crippen LogP contribution in [0.5, 0.6) is 5.75 Å². The molecule has 1 atom stereocenters. The Bertz CT molecular complexity index is 521. The number of benzene rings is 1. The van der Waals surface area contributed by atoms with Crippen molar-refractivity contribution in [1.29, 1.82) is 0 Å². The van der Waals surface area contributed by atoms with Crippen molar-refractivity contribution >= 4 is 0 Å². The Kier molecular flexibility index (Phi) is 5.12. The first kappa shape index (κ1) is 14.5. The van der Waals surface area contributed by atoms with Gasteiger partial charge < -0.3 is 14.6 Å². The second-order valence-electron chi connectivity index (χ2n) is 4.79. The highest BCUT2D eigenvalue weighted by atomic mass is 16.5. The number of aromatic nitrogens is 3. The molecular formula is C15H22N4O. The standard InChI is InChI=1S/C15H22N4O/c1-4-20-14-7-5-13(6-8-14)12(2)16-10-9-15-18-17-11-19(15)3/h5-8,11-12,16H,4,9-10H2,1-3H3. The number of nitrogens with zero attached hydrogens (tertiary/aromatic N) is 3. The average molecular weight is 274 g/mol. The monoisotopic (exact) mass is 274 g/mol. The molecule has 2 rings (SSSR count). The second-order valence-corrected chi connectivity index (χ2v) is 4.79. The molecule has 1 aromatic carbocycles. The van der Waals surface area contributed by atoms with E-state index in [4.69, 9.17) is 4.74 Å². The van der Waals surface area contributed by atoms with E-state index >= 15 is 0 Å². The molecule has 2 aromatic rings. The first-order valence-corrected chi connectivity index (χ1v) is 6.99. The van der Waals surface area contributed by atoms with Gasteiger partial charge in [-0.15, -0.1) is 10.2 Å². The van der Waals surface area contributed by atoms with Gasteiger partial charge in [0.2, 0.25) is 0 Å². The van der Waals surface area contributed by atoms with Gasteiger partial charge in [-0.05, 0) is 31.5 Å². The van der Waals surface area contributed by atoms with Crippen molar-refractivity contribution in [3.63, 3.8) is 0 Å². The van der Waals surface area contributed by atoms with Gasteiger partial charge in [-0.3, -0.25) is 0 Å². The first-order chi connectivity index (χ1) is 9.70. The van der Waals surface area contributed by atoms with E-state index in [0.29, 0.717) is 12.6 Å². The maximum Gasteiger partial charge on any atom is 0.133 e. The van der Waals surface area contributed by atoms with E-state index in [1.54, 1.807) is 6.33 Å². The molecule has 1 unspecified atom stereocenters. The van der Waals surface area contributed by atoms with Gasteiger partial charge >= 0.3 is 0 Å². The molecule has 20 heavy (non-hydrogen) atoms. The van der Waals surface area contributed by atoms with E-state index in [0.717, 1.165) is 24.5 Å². The molecule has 5 heteroatoms. The fraction of sp³-hybridized carbons (Fsp3) is 0.467. The van der Waals surface area contributed by atoms with Gasteiger partial charge in [0.25, 0.3) is 0 Å². The van der Waals surface area contributed by atoms with E-state index in [1.807, 2.05) is 30.7 Å². The van der Waals surface area contributed by atoms with Crippen LogP contribution >= 0.6 is 0 Å². The zero-order valence-corrected chi connectivity index (χ0v) is 12.3. The van der Waals surface area contributed by atoms with E-state index in [9.17, 15) is 0 Å². The van der Waals surface area contributed by atoms with Crippen LogP contribution in [0.2, 0.25) is 0 Å². The van der Waals surface area contributed by atoms with Crippen molar-refractivity contribution in [2.75, 3.05) is 13.2 Å². The Labute approximate surface area is 120 Å². The van der Waals surface area contributed by atoms with Gasteiger partial charge in [-0.25, -0.2) is 0 Å². The van der Waals surface area contributed by atoms with Gasteiger partial charge in [0.1, 0.15) is 17.9 Å². The van der Waals surface area contributed by atoms with Crippen molar-refractivity contribution in [3.05, 3.63) is 42.0 Å². The zero-order chi connectivity index (χ0) is 14.4. The largest absolute Gasteiger partial charge is 0.494 e. The van der Waals surface area contributed by atoms with E-state index < -0.39 is 0 Å². The van der Waals surface area contributed by atoms with E-state index in [1.165, 1.54) is 5.56 Å². The summed E-state index contributed by atoms with van der Waals surface area (Å²) in [6, 6.07) is 8.54. The second kappa shape index (κ2) is 7.05. The molecule has 0 radical (unpaired) electrons. The van der Waals surface area contributed by atoms with Gasteiger partial charge in [-0.1, -0.05) is 12.1 Å². The third-order valence-electron chi connectivity index (χ3n) is 3.30. The Morgan fingerprint density at radius 3 is 2.65 bits per heavy atom. The fourth-order valence-corrected chi connectivity index (χ4v) is 2.07. The quantitative estimate of drug-likeness (QED) is 0.840. The Hall–Kier alpha value is -1.88. The number of rotatable bonds is 7. The predicted octanol–water partition coefficient (Wildman–Crippen LogP) is 2.11. The summed E-state index contributed by atoms with van der Waals surface area (Å²) >= 11 is 0.